The van der Waals surface area contributed by atoms with E-state index in [1.165, 1.54) is 17.0 Å². The molecule has 0 aromatic heterocycles. The van der Waals surface area contributed by atoms with Crippen LogP contribution in [0.3, 0.4) is 0 Å². The van der Waals surface area contributed by atoms with Crippen molar-refractivity contribution in [3.05, 3.63) is 23.8 Å². The van der Waals surface area contributed by atoms with Gasteiger partial charge in [0, 0.05) is 30.1 Å². The highest BCUT2D eigenvalue weighted by atomic mass is 19.4. The molecular weight excluding hydrogens is 299 g/mol. The molecule has 0 spiro atoms. The molecule has 118 valence electrons. The number of nitrogens with zero attached hydrogens (tertiary/aromatic N) is 2. The number of halogens is 3. The van der Waals surface area contributed by atoms with E-state index in [1.54, 1.807) is 0 Å². The summed E-state index contributed by atoms with van der Waals surface area (Å²) in [5, 5.41) is 2.58. The van der Waals surface area contributed by atoms with Crippen LogP contribution in [-0.4, -0.2) is 36.2 Å². The first-order valence-electron chi connectivity index (χ1n) is 6.68. The monoisotopic (exact) mass is 313 g/mol. The maximum atomic E-state index is 12.3. The number of nitrogens with one attached hydrogen (secondary N) is 1. The summed E-state index contributed by atoms with van der Waals surface area (Å²) in [7, 11) is 0. The van der Waals surface area contributed by atoms with Crippen molar-refractivity contribution in [2.75, 3.05) is 18.4 Å². The zero-order valence-electron chi connectivity index (χ0n) is 12.0. The van der Waals surface area contributed by atoms with E-state index in [0.717, 1.165) is 6.07 Å². The number of rotatable bonds is 1. The van der Waals surface area contributed by atoms with Crippen molar-refractivity contribution < 1.29 is 22.7 Å². The van der Waals surface area contributed by atoms with Crippen LogP contribution >= 0.6 is 0 Å². The number of hydrogen-bond donors (Lipinski definition) is 1. The van der Waals surface area contributed by atoms with Crippen molar-refractivity contribution in [3.8, 4) is 5.75 Å². The summed E-state index contributed by atoms with van der Waals surface area (Å²) >= 11 is 0. The Bertz CT molecular complexity index is 668. The quantitative estimate of drug-likeness (QED) is 0.865. The summed E-state index contributed by atoms with van der Waals surface area (Å²) in [6, 6.07) is 3.44. The largest absolute Gasteiger partial charge is 0.573 e. The second kappa shape index (κ2) is 4.62. The number of carbonyl (C=O) groups is 1. The van der Waals surface area contributed by atoms with Gasteiger partial charge in [-0.25, -0.2) is 4.79 Å². The van der Waals surface area contributed by atoms with Crippen LogP contribution in [0.4, 0.5) is 23.7 Å². The second-order valence-corrected chi connectivity index (χ2v) is 6.08. The van der Waals surface area contributed by atoms with E-state index in [1.807, 2.05) is 13.8 Å². The summed E-state index contributed by atoms with van der Waals surface area (Å²) < 4.78 is 40.7. The van der Waals surface area contributed by atoms with Crippen LogP contribution in [0.15, 0.2) is 23.2 Å². The van der Waals surface area contributed by atoms with E-state index in [9.17, 15) is 18.0 Å². The van der Waals surface area contributed by atoms with E-state index in [2.05, 4.69) is 15.0 Å². The maximum Gasteiger partial charge on any atom is 0.573 e. The minimum absolute atomic E-state index is 0.141. The number of hydrogen-bond acceptors (Lipinski definition) is 3. The molecule has 8 heteroatoms. The van der Waals surface area contributed by atoms with Gasteiger partial charge in [0.15, 0.2) is 0 Å². The number of amidine groups is 1. The first-order valence-corrected chi connectivity index (χ1v) is 6.68. The SMILES string of the molecule is CC1(C)CN=C2c3ccc(OC(F)(F)F)cc3NC(=O)N2C1. The number of urea groups is 1. The van der Waals surface area contributed by atoms with Gasteiger partial charge in [-0.1, -0.05) is 13.8 Å². The molecule has 0 atom stereocenters. The second-order valence-electron chi connectivity index (χ2n) is 6.08. The Morgan fingerprint density at radius 1 is 1.36 bits per heavy atom. The molecule has 0 aliphatic carbocycles. The number of amides is 2. The molecule has 1 aromatic carbocycles. The highest BCUT2D eigenvalue weighted by Gasteiger charge is 2.37. The molecule has 5 nitrogen and oxygen atoms in total. The van der Waals surface area contributed by atoms with Gasteiger partial charge in [0.2, 0.25) is 0 Å². The number of ether oxygens (including phenoxy) is 1. The lowest BCUT2D eigenvalue weighted by molar-refractivity contribution is -0.274. The average molecular weight is 313 g/mol. The highest BCUT2D eigenvalue weighted by molar-refractivity contribution is 6.18. The molecule has 2 heterocycles. The van der Waals surface area contributed by atoms with Gasteiger partial charge >= 0.3 is 12.4 Å². The van der Waals surface area contributed by atoms with Crippen molar-refractivity contribution in [2.24, 2.45) is 10.4 Å². The van der Waals surface area contributed by atoms with Gasteiger partial charge < -0.3 is 10.1 Å². The van der Waals surface area contributed by atoms with Gasteiger partial charge in [-0.2, -0.15) is 0 Å². The van der Waals surface area contributed by atoms with Crippen LogP contribution in [-0.2, 0) is 0 Å². The summed E-state index contributed by atoms with van der Waals surface area (Å²) in [4.78, 5) is 18.1. The molecule has 1 aromatic rings. The van der Waals surface area contributed by atoms with Crippen LogP contribution in [0.25, 0.3) is 0 Å². The van der Waals surface area contributed by atoms with Crippen LogP contribution in [0, 0.1) is 5.41 Å². The van der Waals surface area contributed by atoms with E-state index in [4.69, 9.17) is 0 Å². The minimum atomic E-state index is -4.77. The van der Waals surface area contributed by atoms with E-state index < -0.39 is 12.4 Å². The summed E-state index contributed by atoms with van der Waals surface area (Å²) in [6.45, 7) is 5.04. The fraction of sp³-hybridized carbons (Fsp3) is 0.429. The highest BCUT2D eigenvalue weighted by Crippen LogP contribution is 2.34. The number of fused-ring (bicyclic) bond motifs is 3. The number of carbonyl (C=O) groups excluding carboxylic acids is 1. The van der Waals surface area contributed by atoms with Crippen molar-refractivity contribution in [1.29, 1.82) is 0 Å². The third-order valence-corrected chi connectivity index (χ3v) is 3.45. The molecule has 2 amide bonds. The van der Waals surface area contributed by atoms with Gasteiger partial charge in [-0.3, -0.25) is 9.89 Å². The van der Waals surface area contributed by atoms with Crippen molar-refractivity contribution in [1.82, 2.24) is 4.90 Å². The lowest BCUT2D eigenvalue weighted by atomic mass is 9.90. The third kappa shape index (κ3) is 2.72. The zero-order valence-corrected chi connectivity index (χ0v) is 12.0. The fourth-order valence-electron chi connectivity index (χ4n) is 2.53. The molecule has 0 saturated carbocycles. The van der Waals surface area contributed by atoms with E-state index in [-0.39, 0.29) is 16.9 Å². The molecule has 2 aliphatic heterocycles. The predicted molar refractivity (Wildman–Crippen MR) is 74.0 cm³/mol. The van der Waals surface area contributed by atoms with Gasteiger partial charge in [0.05, 0.1) is 5.69 Å². The Hall–Kier alpha value is -2.25. The molecule has 1 N–H and O–H groups in total. The minimum Gasteiger partial charge on any atom is -0.406 e. The van der Waals surface area contributed by atoms with E-state index >= 15 is 0 Å². The molecular formula is C14H14F3N3O2. The Morgan fingerprint density at radius 2 is 2.09 bits per heavy atom. The summed E-state index contributed by atoms with van der Waals surface area (Å²) in [6.07, 6.45) is -4.77. The van der Waals surface area contributed by atoms with Crippen LogP contribution in [0.1, 0.15) is 19.4 Å². The Balaban J connectivity index is 1.98. The first kappa shape index (κ1) is 14.7. The Kier molecular flexibility index (Phi) is 3.08. The smallest absolute Gasteiger partial charge is 0.406 e. The fourth-order valence-corrected chi connectivity index (χ4v) is 2.53. The molecule has 0 bridgehead atoms. The van der Waals surface area contributed by atoms with Crippen molar-refractivity contribution >= 4 is 17.6 Å². The summed E-state index contributed by atoms with van der Waals surface area (Å²) in [5.41, 5.74) is 0.712. The standard InChI is InChI=1S/C14H14F3N3O2/c1-13(2)6-18-11-9-4-3-8(22-14(15,16)17)5-10(9)19-12(21)20(11)7-13/h3-5H,6-7H2,1-2H3,(H,19,21). The van der Waals surface area contributed by atoms with Gasteiger partial charge in [-0.15, -0.1) is 13.2 Å². The maximum absolute atomic E-state index is 12.3. The molecule has 22 heavy (non-hydrogen) atoms. The van der Waals surface area contributed by atoms with Gasteiger partial charge in [-0.05, 0) is 12.1 Å². The molecule has 0 unspecified atom stereocenters. The Labute approximate surface area is 124 Å². The first-order chi connectivity index (χ1) is 10.1. The van der Waals surface area contributed by atoms with Crippen molar-refractivity contribution in [3.63, 3.8) is 0 Å². The average Bonchev–Trinajstić information content (AvgIpc) is 2.36. The number of anilines is 1. The van der Waals surface area contributed by atoms with Crippen LogP contribution < -0.4 is 10.1 Å². The predicted octanol–water partition coefficient (Wildman–Crippen LogP) is 3.22. The molecule has 3 rings (SSSR count). The lowest BCUT2D eigenvalue weighted by Gasteiger charge is -2.39. The topological polar surface area (TPSA) is 53.9 Å². The lowest BCUT2D eigenvalue weighted by Crippen LogP contribution is -2.52. The number of alkyl halides is 3. The molecule has 0 saturated heterocycles. The van der Waals surface area contributed by atoms with Crippen molar-refractivity contribution in [2.45, 2.75) is 20.2 Å². The molecule has 0 radical (unpaired) electrons. The van der Waals surface area contributed by atoms with Gasteiger partial charge in [0.1, 0.15) is 11.6 Å². The van der Waals surface area contributed by atoms with E-state index in [0.29, 0.717) is 24.5 Å². The molecule has 0 fully saturated rings. The number of benzene rings is 1. The Morgan fingerprint density at radius 3 is 2.77 bits per heavy atom. The summed E-state index contributed by atoms with van der Waals surface area (Å²) in [5.74, 6) is 0.105. The van der Waals surface area contributed by atoms with Crippen LogP contribution in [0.2, 0.25) is 0 Å². The molecule has 2 aliphatic rings. The van der Waals surface area contributed by atoms with Gasteiger partial charge in [0.25, 0.3) is 0 Å². The normalized spacial score (nSPS) is 19.8. The third-order valence-electron chi connectivity index (χ3n) is 3.45. The number of aliphatic imine (C=N–C) groups is 1. The zero-order chi connectivity index (χ0) is 16.1. The van der Waals surface area contributed by atoms with Crippen LogP contribution in [0.5, 0.6) is 5.75 Å².